The van der Waals surface area contributed by atoms with Gasteiger partial charge in [0.05, 0.1) is 12.2 Å². The minimum atomic E-state index is -3.17. The summed E-state index contributed by atoms with van der Waals surface area (Å²) in [6.45, 7) is -2.95. The molecular weight excluding hydrogens is 325 g/mol. The summed E-state index contributed by atoms with van der Waals surface area (Å²) < 4.78 is 48.1. The number of hydrogen-bond acceptors (Lipinski definition) is 4. The number of pyridine rings is 1. The number of alkyl halides is 2. The molecule has 0 fully saturated rings. The molecule has 1 aromatic carbocycles. The summed E-state index contributed by atoms with van der Waals surface area (Å²) in [5.41, 5.74) is 0.413. The van der Waals surface area contributed by atoms with Crippen LogP contribution in [0.2, 0.25) is 0 Å². The van der Waals surface area contributed by atoms with E-state index >= 15 is 0 Å². The Hall–Kier alpha value is -2.77. The average molecular weight is 338 g/mol. The molecule has 1 aliphatic heterocycles. The maximum Gasteiger partial charge on any atom is 0.388 e. The Bertz CT molecular complexity index is 770. The SMILES string of the molecule is CN(C(=O)c1cc(F)cnc1OC(F)F)C1COc2ccccc21. The quantitative estimate of drug-likeness (QED) is 0.860. The molecule has 5 nitrogen and oxygen atoms in total. The maximum absolute atomic E-state index is 13.4. The van der Waals surface area contributed by atoms with Crippen molar-refractivity contribution < 1.29 is 27.4 Å². The Kier molecular flexibility index (Phi) is 4.28. The predicted molar refractivity (Wildman–Crippen MR) is 77.6 cm³/mol. The van der Waals surface area contributed by atoms with Gasteiger partial charge in [-0.1, -0.05) is 18.2 Å². The summed E-state index contributed by atoms with van der Waals surface area (Å²) >= 11 is 0. The summed E-state index contributed by atoms with van der Waals surface area (Å²) in [5.74, 6) is -1.49. The average Bonchev–Trinajstić information content (AvgIpc) is 2.99. The van der Waals surface area contributed by atoms with Crippen molar-refractivity contribution in [2.24, 2.45) is 0 Å². The van der Waals surface area contributed by atoms with Crippen LogP contribution in [-0.4, -0.2) is 36.1 Å². The monoisotopic (exact) mass is 338 g/mol. The van der Waals surface area contributed by atoms with Crippen LogP contribution in [0.5, 0.6) is 11.6 Å². The van der Waals surface area contributed by atoms with Crippen molar-refractivity contribution >= 4 is 5.91 Å². The van der Waals surface area contributed by atoms with Crippen molar-refractivity contribution in [3.63, 3.8) is 0 Å². The van der Waals surface area contributed by atoms with Crippen LogP contribution in [0.15, 0.2) is 36.5 Å². The van der Waals surface area contributed by atoms with Crippen LogP contribution >= 0.6 is 0 Å². The molecule has 3 rings (SSSR count). The fourth-order valence-corrected chi connectivity index (χ4v) is 2.56. The molecule has 0 aliphatic carbocycles. The highest BCUT2D eigenvalue weighted by Crippen LogP contribution is 2.36. The number of aromatic nitrogens is 1. The number of halogens is 3. The molecule has 0 bridgehead atoms. The minimum absolute atomic E-state index is 0.218. The molecule has 0 radical (unpaired) electrons. The lowest BCUT2D eigenvalue weighted by molar-refractivity contribution is -0.0534. The lowest BCUT2D eigenvalue weighted by atomic mass is 10.1. The van der Waals surface area contributed by atoms with Gasteiger partial charge in [0, 0.05) is 12.6 Å². The standard InChI is InChI=1S/C16H13F3N2O3/c1-21(12-8-23-13-5-3-2-4-10(12)13)15(22)11-6-9(17)7-20-14(11)24-16(18)19/h2-7,12,16H,8H2,1H3. The Morgan fingerprint density at radius 1 is 1.42 bits per heavy atom. The van der Waals surface area contributed by atoms with E-state index in [4.69, 9.17) is 4.74 Å². The first-order valence-corrected chi connectivity index (χ1v) is 7.06. The van der Waals surface area contributed by atoms with Gasteiger partial charge in [0.1, 0.15) is 23.7 Å². The van der Waals surface area contributed by atoms with Crippen LogP contribution in [0.25, 0.3) is 0 Å². The van der Waals surface area contributed by atoms with Crippen molar-refractivity contribution in [2.45, 2.75) is 12.7 Å². The Labute approximate surface area is 135 Å². The summed E-state index contributed by atoms with van der Waals surface area (Å²) in [4.78, 5) is 17.4. The molecule has 8 heteroatoms. The molecule has 0 spiro atoms. The number of ether oxygens (including phenoxy) is 2. The van der Waals surface area contributed by atoms with Gasteiger partial charge in [0.25, 0.3) is 5.91 Å². The van der Waals surface area contributed by atoms with Crippen LogP contribution in [-0.2, 0) is 0 Å². The van der Waals surface area contributed by atoms with Gasteiger partial charge in [-0.3, -0.25) is 4.79 Å². The van der Waals surface area contributed by atoms with E-state index in [2.05, 4.69) is 9.72 Å². The van der Waals surface area contributed by atoms with E-state index in [0.717, 1.165) is 11.6 Å². The van der Waals surface area contributed by atoms with Gasteiger partial charge in [0.15, 0.2) is 0 Å². The molecule has 1 aliphatic rings. The first-order chi connectivity index (χ1) is 11.5. The molecule has 24 heavy (non-hydrogen) atoms. The third-order valence-electron chi connectivity index (χ3n) is 3.71. The third-order valence-corrected chi connectivity index (χ3v) is 3.71. The number of nitrogens with zero attached hydrogens (tertiary/aromatic N) is 2. The number of carbonyl (C=O) groups excluding carboxylic acids is 1. The maximum atomic E-state index is 13.4. The topological polar surface area (TPSA) is 51.7 Å². The van der Waals surface area contributed by atoms with Gasteiger partial charge in [-0.05, 0) is 12.1 Å². The highest BCUT2D eigenvalue weighted by molar-refractivity contribution is 5.96. The number of benzene rings is 1. The second kappa shape index (κ2) is 6.38. The van der Waals surface area contributed by atoms with E-state index in [0.29, 0.717) is 11.9 Å². The molecular formula is C16H13F3N2O3. The van der Waals surface area contributed by atoms with Crippen molar-refractivity contribution in [3.8, 4) is 11.6 Å². The molecule has 2 heterocycles. The number of carbonyl (C=O) groups is 1. The van der Waals surface area contributed by atoms with Crippen LogP contribution in [0.3, 0.4) is 0 Å². The summed E-state index contributed by atoms with van der Waals surface area (Å²) in [6, 6.07) is 7.57. The first-order valence-electron chi connectivity index (χ1n) is 7.06. The molecule has 0 saturated heterocycles. The first kappa shape index (κ1) is 16.1. The normalized spacial score (nSPS) is 15.8. The van der Waals surface area contributed by atoms with Gasteiger partial charge in [-0.2, -0.15) is 8.78 Å². The largest absolute Gasteiger partial charge is 0.491 e. The molecule has 126 valence electrons. The Morgan fingerprint density at radius 2 is 2.17 bits per heavy atom. The van der Waals surface area contributed by atoms with Crippen LogP contribution in [0.1, 0.15) is 22.0 Å². The fraction of sp³-hybridized carbons (Fsp3) is 0.250. The number of amides is 1. The molecule has 2 aromatic rings. The van der Waals surface area contributed by atoms with Crippen molar-refractivity contribution in [3.05, 3.63) is 53.5 Å². The van der Waals surface area contributed by atoms with Crippen molar-refractivity contribution in [1.29, 1.82) is 0 Å². The van der Waals surface area contributed by atoms with E-state index < -0.39 is 30.3 Å². The molecule has 1 aromatic heterocycles. The Morgan fingerprint density at radius 3 is 2.92 bits per heavy atom. The zero-order valence-electron chi connectivity index (χ0n) is 12.6. The van der Waals surface area contributed by atoms with E-state index in [1.165, 1.54) is 11.9 Å². The number of rotatable bonds is 4. The number of hydrogen-bond donors (Lipinski definition) is 0. The minimum Gasteiger partial charge on any atom is -0.491 e. The van der Waals surface area contributed by atoms with Gasteiger partial charge in [-0.15, -0.1) is 0 Å². The van der Waals surface area contributed by atoms with Gasteiger partial charge < -0.3 is 14.4 Å². The zero-order valence-corrected chi connectivity index (χ0v) is 12.6. The molecule has 0 N–H and O–H groups in total. The summed E-state index contributed by atoms with van der Waals surface area (Å²) in [5, 5.41) is 0. The smallest absolute Gasteiger partial charge is 0.388 e. The van der Waals surface area contributed by atoms with Crippen LogP contribution in [0, 0.1) is 5.82 Å². The van der Waals surface area contributed by atoms with E-state index in [1.807, 2.05) is 0 Å². The van der Waals surface area contributed by atoms with E-state index in [-0.39, 0.29) is 12.2 Å². The molecule has 0 saturated carbocycles. The van der Waals surface area contributed by atoms with Crippen LogP contribution < -0.4 is 9.47 Å². The van der Waals surface area contributed by atoms with Gasteiger partial charge in [-0.25, -0.2) is 9.37 Å². The summed E-state index contributed by atoms with van der Waals surface area (Å²) in [6.07, 6.45) is 0.711. The number of likely N-dealkylation sites (N-methyl/N-ethyl adjacent to an activating group) is 1. The highest BCUT2D eigenvalue weighted by atomic mass is 19.3. The van der Waals surface area contributed by atoms with E-state index in [1.54, 1.807) is 24.3 Å². The molecule has 1 amide bonds. The summed E-state index contributed by atoms with van der Waals surface area (Å²) in [7, 11) is 1.48. The molecule has 1 atom stereocenters. The lowest BCUT2D eigenvalue weighted by Gasteiger charge is -2.24. The molecule has 1 unspecified atom stereocenters. The van der Waals surface area contributed by atoms with Crippen molar-refractivity contribution in [1.82, 2.24) is 9.88 Å². The predicted octanol–water partition coefficient (Wildman–Crippen LogP) is 3.03. The highest BCUT2D eigenvalue weighted by Gasteiger charge is 2.32. The fourth-order valence-electron chi connectivity index (χ4n) is 2.56. The van der Waals surface area contributed by atoms with Gasteiger partial charge in [0.2, 0.25) is 5.88 Å². The lowest BCUT2D eigenvalue weighted by Crippen LogP contribution is -2.32. The zero-order chi connectivity index (χ0) is 17.3. The number of para-hydroxylation sites is 1. The van der Waals surface area contributed by atoms with Crippen molar-refractivity contribution in [2.75, 3.05) is 13.7 Å². The second-order valence-electron chi connectivity index (χ2n) is 5.17. The number of fused-ring (bicyclic) bond motifs is 1. The Balaban J connectivity index is 1.91. The second-order valence-corrected chi connectivity index (χ2v) is 5.17. The van der Waals surface area contributed by atoms with E-state index in [9.17, 15) is 18.0 Å². The van der Waals surface area contributed by atoms with Crippen LogP contribution in [0.4, 0.5) is 13.2 Å². The van der Waals surface area contributed by atoms with Gasteiger partial charge >= 0.3 is 6.61 Å². The third kappa shape index (κ3) is 2.99.